The molecule has 2 amide bonds. The first-order chi connectivity index (χ1) is 8.39. The van der Waals surface area contributed by atoms with Gasteiger partial charge in [0.05, 0.1) is 0 Å². The molecule has 1 saturated heterocycles. The maximum absolute atomic E-state index is 12.1. The fourth-order valence-corrected chi connectivity index (χ4v) is 3.08. The fourth-order valence-electron chi connectivity index (χ4n) is 3.08. The molecule has 1 aliphatic heterocycles. The Balaban J connectivity index is 1.90. The van der Waals surface area contributed by atoms with E-state index in [0.29, 0.717) is 13.0 Å². The van der Waals surface area contributed by atoms with Crippen molar-refractivity contribution in [3.63, 3.8) is 0 Å². The smallest absolute Gasteiger partial charge is 0.326 e. The van der Waals surface area contributed by atoms with Gasteiger partial charge in [0, 0.05) is 12.6 Å². The molecule has 2 rings (SSSR count). The molecule has 0 aromatic heterocycles. The molecule has 1 aliphatic carbocycles. The molecule has 5 heteroatoms. The number of likely N-dealkylation sites (tertiary alicyclic amines) is 1. The minimum Gasteiger partial charge on any atom is -0.480 e. The van der Waals surface area contributed by atoms with Gasteiger partial charge in [0.15, 0.2) is 0 Å². The first-order valence-electron chi connectivity index (χ1n) is 6.69. The number of carboxylic acid groups (broad SMARTS) is 1. The summed E-state index contributed by atoms with van der Waals surface area (Å²) in [5.41, 5.74) is 0.287. The van der Waals surface area contributed by atoms with Crippen molar-refractivity contribution in [1.82, 2.24) is 10.2 Å². The number of aliphatic carboxylic acids is 1. The molecular weight excluding hydrogens is 232 g/mol. The van der Waals surface area contributed by atoms with E-state index in [0.717, 1.165) is 25.7 Å². The molecular formula is C13H22N2O3. The molecule has 2 unspecified atom stereocenters. The Kier molecular flexibility index (Phi) is 3.50. The Morgan fingerprint density at radius 1 is 1.33 bits per heavy atom. The number of nitrogens with zero attached hydrogens (tertiary/aromatic N) is 1. The normalized spacial score (nSPS) is 30.4. The number of urea groups is 1. The lowest BCUT2D eigenvalue weighted by molar-refractivity contribution is -0.141. The van der Waals surface area contributed by atoms with Crippen LogP contribution >= 0.6 is 0 Å². The molecule has 0 radical (unpaired) electrons. The monoisotopic (exact) mass is 254 g/mol. The topological polar surface area (TPSA) is 69.6 Å². The van der Waals surface area contributed by atoms with E-state index >= 15 is 0 Å². The SMILES string of the molecule is CC1(C)CCC(NC(=O)N2CCCC2C(=O)O)C1. The van der Waals surface area contributed by atoms with Gasteiger partial charge in [-0.05, 0) is 37.5 Å². The summed E-state index contributed by atoms with van der Waals surface area (Å²) in [5, 5.41) is 12.0. The van der Waals surface area contributed by atoms with Gasteiger partial charge in [0.25, 0.3) is 0 Å². The molecule has 2 atom stereocenters. The number of carboxylic acids is 1. The van der Waals surface area contributed by atoms with E-state index < -0.39 is 12.0 Å². The van der Waals surface area contributed by atoms with Crippen LogP contribution in [0, 0.1) is 5.41 Å². The van der Waals surface area contributed by atoms with Crippen LogP contribution in [0.1, 0.15) is 46.0 Å². The van der Waals surface area contributed by atoms with Crippen LogP contribution in [0.15, 0.2) is 0 Å². The minimum absolute atomic E-state index is 0.197. The third-order valence-corrected chi connectivity index (χ3v) is 4.09. The Morgan fingerprint density at radius 2 is 2.06 bits per heavy atom. The first kappa shape index (κ1) is 13.2. The summed E-state index contributed by atoms with van der Waals surface area (Å²) in [7, 11) is 0. The maximum atomic E-state index is 12.1. The van der Waals surface area contributed by atoms with Crippen molar-refractivity contribution >= 4 is 12.0 Å². The zero-order chi connectivity index (χ0) is 13.3. The van der Waals surface area contributed by atoms with Crippen LogP contribution < -0.4 is 5.32 Å². The summed E-state index contributed by atoms with van der Waals surface area (Å²) in [6.07, 6.45) is 4.43. The second-order valence-electron chi connectivity index (χ2n) is 6.24. The third kappa shape index (κ3) is 2.76. The second-order valence-corrected chi connectivity index (χ2v) is 6.24. The lowest BCUT2D eigenvalue weighted by Gasteiger charge is -2.25. The lowest BCUT2D eigenvalue weighted by atomic mass is 9.92. The van der Waals surface area contributed by atoms with E-state index in [4.69, 9.17) is 5.11 Å². The molecule has 2 aliphatic rings. The van der Waals surface area contributed by atoms with Gasteiger partial charge in [-0.15, -0.1) is 0 Å². The van der Waals surface area contributed by atoms with E-state index in [9.17, 15) is 9.59 Å². The van der Waals surface area contributed by atoms with Crippen molar-refractivity contribution < 1.29 is 14.7 Å². The van der Waals surface area contributed by atoms with Crippen LogP contribution in [0.4, 0.5) is 4.79 Å². The minimum atomic E-state index is -0.894. The first-order valence-corrected chi connectivity index (χ1v) is 6.69. The molecule has 5 nitrogen and oxygen atoms in total. The molecule has 0 aromatic carbocycles. The lowest BCUT2D eigenvalue weighted by Crippen LogP contribution is -2.48. The summed E-state index contributed by atoms with van der Waals surface area (Å²) in [6.45, 7) is 4.96. The van der Waals surface area contributed by atoms with E-state index in [1.54, 1.807) is 0 Å². The summed E-state index contributed by atoms with van der Waals surface area (Å²) in [6, 6.07) is -0.649. The van der Waals surface area contributed by atoms with Crippen molar-refractivity contribution in [2.24, 2.45) is 5.41 Å². The van der Waals surface area contributed by atoms with Gasteiger partial charge in [-0.1, -0.05) is 13.8 Å². The molecule has 0 bridgehead atoms. The number of nitrogens with one attached hydrogen (secondary N) is 1. The summed E-state index contributed by atoms with van der Waals surface area (Å²) >= 11 is 0. The van der Waals surface area contributed by atoms with Gasteiger partial charge >= 0.3 is 12.0 Å². The Hall–Kier alpha value is -1.26. The molecule has 0 aromatic rings. The molecule has 1 heterocycles. The van der Waals surface area contributed by atoms with Crippen LogP contribution in [0.3, 0.4) is 0 Å². The molecule has 102 valence electrons. The van der Waals surface area contributed by atoms with Gasteiger partial charge in [0.1, 0.15) is 6.04 Å². The molecule has 2 fully saturated rings. The summed E-state index contributed by atoms with van der Waals surface area (Å²) in [4.78, 5) is 24.6. The Bertz CT molecular complexity index is 354. The van der Waals surface area contributed by atoms with Crippen molar-refractivity contribution in [1.29, 1.82) is 0 Å². The van der Waals surface area contributed by atoms with E-state index in [2.05, 4.69) is 19.2 Å². The Morgan fingerprint density at radius 3 is 2.61 bits per heavy atom. The van der Waals surface area contributed by atoms with Gasteiger partial charge < -0.3 is 15.3 Å². The predicted molar refractivity (Wildman–Crippen MR) is 67.3 cm³/mol. The summed E-state index contributed by atoms with van der Waals surface area (Å²) < 4.78 is 0. The van der Waals surface area contributed by atoms with Crippen LogP contribution in [0.25, 0.3) is 0 Å². The van der Waals surface area contributed by atoms with Gasteiger partial charge in [-0.25, -0.2) is 9.59 Å². The van der Waals surface area contributed by atoms with Crippen molar-refractivity contribution in [3.05, 3.63) is 0 Å². The quantitative estimate of drug-likeness (QED) is 0.789. The molecule has 2 N–H and O–H groups in total. The maximum Gasteiger partial charge on any atom is 0.326 e. The highest BCUT2D eigenvalue weighted by molar-refractivity contribution is 5.83. The number of carbonyl (C=O) groups is 2. The van der Waals surface area contributed by atoms with Gasteiger partial charge in [-0.3, -0.25) is 0 Å². The average molecular weight is 254 g/mol. The van der Waals surface area contributed by atoms with Crippen LogP contribution in [-0.2, 0) is 4.79 Å². The van der Waals surface area contributed by atoms with Gasteiger partial charge in [0.2, 0.25) is 0 Å². The highest BCUT2D eigenvalue weighted by Crippen LogP contribution is 2.37. The van der Waals surface area contributed by atoms with Crippen molar-refractivity contribution in [2.45, 2.75) is 58.0 Å². The average Bonchev–Trinajstić information content (AvgIpc) is 2.84. The Labute approximate surface area is 108 Å². The van der Waals surface area contributed by atoms with E-state index in [-0.39, 0.29) is 17.5 Å². The standard InChI is InChI=1S/C13H22N2O3/c1-13(2)6-5-9(8-13)14-12(18)15-7-3-4-10(15)11(16)17/h9-10H,3-8H2,1-2H3,(H,14,18)(H,16,17). The number of amides is 2. The fraction of sp³-hybridized carbons (Fsp3) is 0.846. The summed E-state index contributed by atoms with van der Waals surface area (Å²) in [5.74, 6) is -0.894. The predicted octanol–water partition coefficient (Wildman–Crippen LogP) is 1.82. The van der Waals surface area contributed by atoms with Gasteiger partial charge in [-0.2, -0.15) is 0 Å². The molecule has 0 spiro atoms. The highest BCUT2D eigenvalue weighted by atomic mass is 16.4. The number of hydrogen-bond acceptors (Lipinski definition) is 2. The zero-order valence-electron chi connectivity index (χ0n) is 11.1. The van der Waals surface area contributed by atoms with Crippen LogP contribution in [0.5, 0.6) is 0 Å². The zero-order valence-corrected chi connectivity index (χ0v) is 11.1. The van der Waals surface area contributed by atoms with Crippen molar-refractivity contribution in [3.8, 4) is 0 Å². The number of hydrogen-bond donors (Lipinski definition) is 2. The number of carbonyl (C=O) groups excluding carboxylic acids is 1. The molecule has 18 heavy (non-hydrogen) atoms. The largest absolute Gasteiger partial charge is 0.480 e. The molecule has 1 saturated carbocycles. The van der Waals surface area contributed by atoms with Crippen LogP contribution in [-0.4, -0.2) is 40.6 Å². The van der Waals surface area contributed by atoms with Crippen LogP contribution in [0.2, 0.25) is 0 Å². The van der Waals surface area contributed by atoms with Crippen molar-refractivity contribution in [2.75, 3.05) is 6.54 Å². The van der Waals surface area contributed by atoms with E-state index in [1.165, 1.54) is 4.90 Å². The third-order valence-electron chi connectivity index (χ3n) is 4.09. The van der Waals surface area contributed by atoms with E-state index in [1.807, 2.05) is 0 Å². The highest BCUT2D eigenvalue weighted by Gasteiger charge is 2.37. The second kappa shape index (κ2) is 4.78. The number of rotatable bonds is 2.